The summed E-state index contributed by atoms with van der Waals surface area (Å²) < 4.78 is 0. The second-order valence-corrected chi connectivity index (χ2v) is 6.53. The van der Waals surface area contributed by atoms with Crippen molar-refractivity contribution in [1.82, 2.24) is 9.80 Å². The number of rotatable bonds is 4. The molecule has 6 nitrogen and oxygen atoms in total. The van der Waals surface area contributed by atoms with E-state index in [-0.39, 0.29) is 25.2 Å². The minimum absolute atomic E-state index is 0.0493. The molecule has 1 unspecified atom stereocenters. The van der Waals surface area contributed by atoms with E-state index in [2.05, 4.69) is 0 Å². The van der Waals surface area contributed by atoms with Crippen molar-refractivity contribution in [2.24, 2.45) is 5.41 Å². The fraction of sp³-hybridized carbons (Fsp3) is 0.867. The Bertz CT molecular complexity index is 395. The second kappa shape index (κ2) is 6.64. The molecule has 0 radical (unpaired) electrons. The first-order valence-electron chi connectivity index (χ1n) is 7.88. The Balaban J connectivity index is 2.07. The molecule has 0 aromatic carbocycles. The highest BCUT2D eigenvalue weighted by Crippen LogP contribution is 2.31. The van der Waals surface area contributed by atoms with Gasteiger partial charge in [0.05, 0.1) is 12.0 Å². The van der Waals surface area contributed by atoms with Gasteiger partial charge in [-0.15, -0.1) is 0 Å². The highest BCUT2D eigenvalue weighted by molar-refractivity contribution is 5.78. The summed E-state index contributed by atoms with van der Waals surface area (Å²) in [7, 11) is 0. The van der Waals surface area contributed by atoms with Crippen molar-refractivity contribution in [3.63, 3.8) is 0 Å². The number of hydrogen-bond acceptors (Lipinski definition) is 3. The average Bonchev–Trinajstić information content (AvgIpc) is 2.98. The molecule has 2 rings (SSSR count). The third kappa shape index (κ3) is 3.48. The third-order valence-electron chi connectivity index (χ3n) is 4.84. The van der Waals surface area contributed by atoms with Crippen molar-refractivity contribution >= 4 is 12.0 Å². The van der Waals surface area contributed by atoms with E-state index in [0.29, 0.717) is 25.9 Å². The van der Waals surface area contributed by atoms with Crippen molar-refractivity contribution in [1.29, 1.82) is 0 Å². The minimum atomic E-state index is -0.853. The standard InChI is InChI=1S/C15H26N2O4/c1-15(13(19)20)7-4-8-16(11-15)14(21)17(9-10-18)12-5-2-3-6-12/h12,18H,2-11H2,1H3,(H,19,20). The Morgan fingerprint density at radius 2 is 1.95 bits per heavy atom. The van der Waals surface area contributed by atoms with E-state index in [1.165, 1.54) is 0 Å². The van der Waals surface area contributed by atoms with Crippen LogP contribution in [0.1, 0.15) is 45.4 Å². The zero-order valence-electron chi connectivity index (χ0n) is 12.8. The number of aliphatic hydroxyl groups excluding tert-OH is 1. The van der Waals surface area contributed by atoms with E-state index in [0.717, 1.165) is 25.7 Å². The van der Waals surface area contributed by atoms with Gasteiger partial charge in [0.2, 0.25) is 0 Å². The number of carbonyl (C=O) groups excluding carboxylic acids is 1. The lowest BCUT2D eigenvalue weighted by atomic mass is 9.82. The monoisotopic (exact) mass is 298 g/mol. The third-order valence-corrected chi connectivity index (χ3v) is 4.84. The minimum Gasteiger partial charge on any atom is -0.481 e. The zero-order chi connectivity index (χ0) is 15.5. The number of aliphatic carboxylic acids is 1. The number of hydrogen-bond donors (Lipinski definition) is 2. The van der Waals surface area contributed by atoms with Crippen LogP contribution in [0.3, 0.4) is 0 Å². The molecule has 2 aliphatic rings. The first-order chi connectivity index (χ1) is 9.98. The maximum atomic E-state index is 12.7. The number of likely N-dealkylation sites (tertiary alicyclic amines) is 1. The van der Waals surface area contributed by atoms with Crippen LogP contribution >= 0.6 is 0 Å². The summed E-state index contributed by atoms with van der Waals surface area (Å²) in [6.45, 7) is 2.86. The Hall–Kier alpha value is -1.30. The normalized spacial score (nSPS) is 26.9. The molecule has 1 aliphatic carbocycles. The van der Waals surface area contributed by atoms with Crippen LogP contribution in [0.5, 0.6) is 0 Å². The summed E-state index contributed by atoms with van der Waals surface area (Å²) in [6.07, 6.45) is 5.52. The van der Waals surface area contributed by atoms with E-state index in [1.54, 1.807) is 16.7 Å². The molecule has 2 fully saturated rings. The summed E-state index contributed by atoms with van der Waals surface area (Å²) in [4.78, 5) is 27.5. The smallest absolute Gasteiger partial charge is 0.320 e. The molecule has 1 saturated heterocycles. The number of aliphatic hydroxyl groups is 1. The SMILES string of the molecule is CC1(C(=O)O)CCCN(C(=O)N(CCO)C2CCCC2)C1. The summed E-state index contributed by atoms with van der Waals surface area (Å²) in [5.41, 5.74) is -0.853. The summed E-state index contributed by atoms with van der Waals surface area (Å²) in [5, 5.41) is 18.6. The van der Waals surface area contributed by atoms with Crippen molar-refractivity contribution < 1.29 is 19.8 Å². The molecule has 1 atom stereocenters. The first kappa shape index (κ1) is 16.1. The van der Waals surface area contributed by atoms with Crippen LogP contribution in [-0.4, -0.2) is 64.3 Å². The van der Waals surface area contributed by atoms with Gasteiger partial charge in [0.15, 0.2) is 0 Å². The molecule has 1 aliphatic heterocycles. The van der Waals surface area contributed by atoms with Crippen LogP contribution in [0.2, 0.25) is 0 Å². The average molecular weight is 298 g/mol. The quantitative estimate of drug-likeness (QED) is 0.824. The molecule has 1 saturated carbocycles. The number of carboxylic acids is 1. The summed E-state index contributed by atoms with van der Waals surface area (Å²) in [6, 6.07) is 0.0887. The van der Waals surface area contributed by atoms with E-state index in [4.69, 9.17) is 0 Å². The number of urea groups is 1. The number of piperidine rings is 1. The lowest BCUT2D eigenvalue weighted by molar-refractivity contribution is -0.150. The van der Waals surface area contributed by atoms with Gasteiger partial charge in [-0.1, -0.05) is 12.8 Å². The van der Waals surface area contributed by atoms with Gasteiger partial charge in [0.25, 0.3) is 0 Å². The Morgan fingerprint density at radius 3 is 2.52 bits per heavy atom. The Labute approximate surface area is 125 Å². The van der Waals surface area contributed by atoms with Crippen LogP contribution in [-0.2, 0) is 4.79 Å². The topological polar surface area (TPSA) is 81.1 Å². The van der Waals surface area contributed by atoms with Gasteiger partial charge in [0, 0.05) is 25.7 Å². The van der Waals surface area contributed by atoms with E-state index >= 15 is 0 Å². The predicted molar refractivity (Wildman–Crippen MR) is 78.0 cm³/mol. The molecule has 6 heteroatoms. The van der Waals surface area contributed by atoms with Gasteiger partial charge >= 0.3 is 12.0 Å². The molecule has 0 aromatic rings. The molecule has 2 amide bonds. The van der Waals surface area contributed by atoms with E-state index < -0.39 is 11.4 Å². The van der Waals surface area contributed by atoms with Gasteiger partial charge in [-0.05, 0) is 32.6 Å². The highest BCUT2D eigenvalue weighted by atomic mass is 16.4. The van der Waals surface area contributed by atoms with Gasteiger partial charge in [-0.25, -0.2) is 4.79 Å². The maximum absolute atomic E-state index is 12.7. The fourth-order valence-corrected chi connectivity index (χ4v) is 3.52. The molecule has 21 heavy (non-hydrogen) atoms. The van der Waals surface area contributed by atoms with Crippen LogP contribution < -0.4 is 0 Å². The second-order valence-electron chi connectivity index (χ2n) is 6.53. The van der Waals surface area contributed by atoms with Gasteiger partial charge in [0.1, 0.15) is 0 Å². The zero-order valence-corrected chi connectivity index (χ0v) is 12.8. The van der Waals surface area contributed by atoms with E-state index in [1.807, 2.05) is 0 Å². The molecule has 0 bridgehead atoms. The van der Waals surface area contributed by atoms with Gasteiger partial charge in [-0.2, -0.15) is 0 Å². The van der Waals surface area contributed by atoms with Gasteiger partial charge in [-0.3, -0.25) is 4.79 Å². The molecule has 120 valence electrons. The Morgan fingerprint density at radius 1 is 1.29 bits per heavy atom. The highest BCUT2D eigenvalue weighted by Gasteiger charge is 2.41. The van der Waals surface area contributed by atoms with E-state index in [9.17, 15) is 19.8 Å². The summed E-state index contributed by atoms with van der Waals surface area (Å²) in [5.74, 6) is -0.838. The van der Waals surface area contributed by atoms with Gasteiger partial charge < -0.3 is 20.0 Å². The van der Waals surface area contributed by atoms with Crippen LogP contribution in [0.25, 0.3) is 0 Å². The largest absolute Gasteiger partial charge is 0.481 e. The number of amides is 2. The summed E-state index contributed by atoms with van der Waals surface area (Å²) >= 11 is 0. The lowest BCUT2D eigenvalue weighted by Crippen LogP contribution is -2.54. The fourth-order valence-electron chi connectivity index (χ4n) is 3.52. The molecule has 0 spiro atoms. The molecular weight excluding hydrogens is 272 g/mol. The molecular formula is C15H26N2O4. The predicted octanol–water partition coefficient (Wildman–Crippen LogP) is 1.53. The van der Waals surface area contributed by atoms with Crippen molar-refractivity contribution in [2.45, 2.75) is 51.5 Å². The number of carboxylic acid groups (broad SMARTS) is 1. The molecule has 2 N–H and O–H groups in total. The number of carbonyl (C=O) groups is 2. The lowest BCUT2D eigenvalue weighted by Gasteiger charge is -2.41. The van der Waals surface area contributed by atoms with Crippen LogP contribution in [0.4, 0.5) is 4.79 Å². The van der Waals surface area contributed by atoms with Crippen molar-refractivity contribution in [3.8, 4) is 0 Å². The first-order valence-corrected chi connectivity index (χ1v) is 7.88. The van der Waals surface area contributed by atoms with Crippen LogP contribution in [0, 0.1) is 5.41 Å². The molecule has 1 heterocycles. The van der Waals surface area contributed by atoms with Crippen molar-refractivity contribution in [3.05, 3.63) is 0 Å². The molecule has 0 aromatic heterocycles. The maximum Gasteiger partial charge on any atom is 0.320 e. The Kier molecular flexibility index (Phi) is 5.08. The number of nitrogens with zero attached hydrogens (tertiary/aromatic N) is 2. The van der Waals surface area contributed by atoms with Crippen LogP contribution in [0.15, 0.2) is 0 Å². The van der Waals surface area contributed by atoms with Crippen molar-refractivity contribution in [2.75, 3.05) is 26.2 Å².